The number of nitrogens with zero attached hydrogens (tertiary/aromatic N) is 2. The van der Waals surface area contributed by atoms with E-state index in [-0.39, 0.29) is 31.0 Å². The highest BCUT2D eigenvalue weighted by Gasteiger charge is 2.34. The molecule has 0 radical (unpaired) electrons. The molecule has 0 saturated carbocycles. The van der Waals surface area contributed by atoms with Crippen molar-refractivity contribution in [1.82, 2.24) is 20.7 Å². The predicted octanol–water partition coefficient (Wildman–Crippen LogP) is 2.62. The number of amides is 3. The first-order valence-electron chi connectivity index (χ1n) is 14.0. The van der Waals surface area contributed by atoms with E-state index in [2.05, 4.69) is 10.7 Å². The Hall–Kier alpha value is -3.02. The average Bonchev–Trinajstić information content (AvgIpc) is 2.94. The van der Waals surface area contributed by atoms with Crippen LogP contribution in [-0.4, -0.2) is 78.0 Å². The first-order valence-corrected chi connectivity index (χ1v) is 14.0. The minimum Gasteiger partial charge on any atom is -0.481 e. The molecule has 39 heavy (non-hydrogen) atoms. The number of carbonyl (C=O) groups excluding carboxylic acids is 3. The average molecular weight is 547 g/mol. The molecule has 216 valence electrons. The van der Waals surface area contributed by atoms with Gasteiger partial charge in [-0.1, -0.05) is 13.8 Å². The van der Waals surface area contributed by atoms with Gasteiger partial charge in [0.25, 0.3) is 5.91 Å². The van der Waals surface area contributed by atoms with E-state index in [0.717, 1.165) is 37.4 Å². The second-order valence-electron chi connectivity index (χ2n) is 10.7. The van der Waals surface area contributed by atoms with E-state index in [1.165, 1.54) is 12.1 Å². The molecule has 2 fully saturated rings. The summed E-state index contributed by atoms with van der Waals surface area (Å²) in [6.07, 6.45) is 4.40. The van der Waals surface area contributed by atoms with Crippen LogP contribution < -0.4 is 15.6 Å². The lowest BCUT2D eigenvalue weighted by Gasteiger charge is -2.35. The number of benzene rings is 1. The summed E-state index contributed by atoms with van der Waals surface area (Å²) in [4.78, 5) is 63.0. The van der Waals surface area contributed by atoms with Crippen molar-refractivity contribution >= 4 is 23.7 Å². The lowest BCUT2D eigenvalue weighted by Crippen LogP contribution is -2.53. The van der Waals surface area contributed by atoms with Crippen molar-refractivity contribution in [3.63, 3.8) is 0 Å². The van der Waals surface area contributed by atoms with E-state index in [4.69, 9.17) is 14.9 Å². The number of carbonyl (C=O) groups is 4. The lowest BCUT2D eigenvalue weighted by atomic mass is 9.92. The number of nitrogens with one attached hydrogen (secondary N) is 2. The quantitative estimate of drug-likeness (QED) is 0.194. The van der Waals surface area contributed by atoms with Crippen LogP contribution in [0.5, 0.6) is 5.75 Å². The topological polar surface area (TPSA) is 138 Å². The molecule has 11 nitrogen and oxygen atoms in total. The highest BCUT2D eigenvalue weighted by atomic mass is 17.2. The maximum Gasteiger partial charge on any atom is 0.304 e. The molecule has 0 unspecified atom stereocenters. The van der Waals surface area contributed by atoms with Gasteiger partial charge in [0.05, 0.1) is 18.9 Å². The zero-order valence-corrected chi connectivity index (χ0v) is 23.0. The third kappa shape index (κ3) is 9.90. The van der Waals surface area contributed by atoms with Gasteiger partial charge in [0, 0.05) is 31.6 Å². The Morgan fingerprint density at radius 2 is 1.82 bits per heavy atom. The number of carboxylic acids is 1. The van der Waals surface area contributed by atoms with E-state index < -0.39 is 23.7 Å². The molecule has 1 aromatic rings. The minimum atomic E-state index is -1.05. The van der Waals surface area contributed by atoms with Crippen LogP contribution in [0.4, 0.5) is 0 Å². The second-order valence-corrected chi connectivity index (χ2v) is 10.7. The van der Waals surface area contributed by atoms with Crippen molar-refractivity contribution in [1.29, 1.82) is 0 Å². The number of likely N-dealkylation sites (tertiary alicyclic amines) is 1. The van der Waals surface area contributed by atoms with Gasteiger partial charge in [-0.25, -0.2) is 10.4 Å². The van der Waals surface area contributed by atoms with Crippen molar-refractivity contribution in [3.8, 4) is 5.75 Å². The fourth-order valence-corrected chi connectivity index (χ4v) is 4.79. The highest BCUT2D eigenvalue weighted by Crippen LogP contribution is 2.23. The van der Waals surface area contributed by atoms with Crippen LogP contribution in [0, 0.1) is 17.8 Å². The normalized spacial score (nSPS) is 18.1. The molecule has 0 aliphatic carbocycles. The van der Waals surface area contributed by atoms with Gasteiger partial charge in [0.15, 0.2) is 5.75 Å². The van der Waals surface area contributed by atoms with E-state index >= 15 is 0 Å². The number of carboxylic acid groups (broad SMARTS) is 1. The van der Waals surface area contributed by atoms with Crippen LogP contribution in [-0.2, 0) is 19.3 Å². The molecular formula is C28H42N4O7. The molecule has 3 amide bonds. The smallest absolute Gasteiger partial charge is 0.304 e. The summed E-state index contributed by atoms with van der Waals surface area (Å²) < 4.78 is 0. The van der Waals surface area contributed by atoms with E-state index in [0.29, 0.717) is 50.0 Å². The Balaban J connectivity index is 1.63. The molecule has 2 saturated heterocycles. The van der Waals surface area contributed by atoms with Gasteiger partial charge in [-0.3, -0.25) is 19.2 Å². The Kier molecular flexibility index (Phi) is 12.2. The monoisotopic (exact) mass is 546 g/mol. The highest BCUT2D eigenvalue weighted by molar-refractivity contribution is 6.05. The van der Waals surface area contributed by atoms with Crippen LogP contribution in [0.3, 0.4) is 0 Å². The first kappa shape index (κ1) is 30.5. The Morgan fingerprint density at radius 1 is 1.10 bits per heavy atom. The van der Waals surface area contributed by atoms with Crippen molar-refractivity contribution in [2.75, 3.05) is 39.3 Å². The second kappa shape index (κ2) is 15.5. The van der Waals surface area contributed by atoms with Gasteiger partial charge in [-0.15, -0.1) is 0 Å². The van der Waals surface area contributed by atoms with Gasteiger partial charge < -0.3 is 20.2 Å². The summed E-state index contributed by atoms with van der Waals surface area (Å²) in [5.41, 5.74) is 2.94. The minimum absolute atomic E-state index is 0.0398. The molecule has 3 rings (SSSR count). The van der Waals surface area contributed by atoms with Gasteiger partial charge in [-0.2, -0.15) is 4.89 Å². The van der Waals surface area contributed by atoms with Gasteiger partial charge in [-0.05, 0) is 81.3 Å². The standard InChI is InChI=1S/C28H42N4O7/c1-20(2)19-38-39-24-8-6-22(7-9-24)27(36)32(30-16-13-26(34)35)28(37)23-4-3-17-31(18-23)25(33)10-5-21-11-14-29-15-12-21/h6-9,20-21,23,29-30H,3-5,10-19H2,1-2H3,(H,34,35)/t23-/m1/s1. The van der Waals surface area contributed by atoms with Crippen LogP contribution in [0.2, 0.25) is 0 Å². The molecule has 0 bridgehead atoms. The maximum absolute atomic E-state index is 13.5. The van der Waals surface area contributed by atoms with E-state index in [1.807, 2.05) is 13.8 Å². The Labute approximate surface area is 230 Å². The number of piperidine rings is 2. The molecule has 3 N–H and O–H groups in total. The molecular weight excluding hydrogens is 504 g/mol. The molecule has 11 heteroatoms. The molecule has 1 atom stereocenters. The van der Waals surface area contributed by atoms with Crippen LogP contribution >= 0.6 is 0 Å². The molecule has 0 aromatic heterocycles. The molecule has 0 spiro atoms. The zero-order chi connectivity index (χ0) is 28.2. The van der Waals surface area contributed by atoms with Crippen molar-refractivity contribution in [3.05, 3.63) is 29.8 Å². The van der Waals surface area contributed by atoms with Crippen LogP contribution in [0.25, 0.3) is 0 Å². The maximum atomic E-state index is 13.5. The lowest BCUT2D eigenvalue weighted by molar-refractivity contribution is -0.214. The summed E-state index contributed by atoms with van der Waals surface area (Å²) in [7, 11) is 0. The SMILES string of the molecule is CC(C)COOc1ccc(C(=O)N(NCCC(=O)O)C(=O)[C@@H]2CCCN(C(=O)CCC3CCNCC3)C2)cc1. The van der Waals surface area contributed by atoms with Crippen molar-refractivity contribution in [2.24, 2.45) is 17.8 Å². The van der Waals surface area contributed by atoms with Crippen molar-refractivity contribution < 1.29 is 34.1 Å². The summed E-state index contributed by atoms with van der Waals surface area (Å²) in [6.45, 7) is 7.11. The van der Waals surface area contributed by atoms with E-state index in [9.17, 15) is 19.2 Å². The third-order valence-electron chi connectivity index (χ3n) is 7.04. The summed E-state index contributed by atoms with van der Waals surface area (Å²) >= 11 is 0. The van der Waals surface area contributed by atoms with Gasteiger partial charge >= 0.3 is 5.97 Å². The van der Waals surface area contributed by atoms with Crippen LogP contribution in [0.1, 0.15) is 69.2 Å². The largest absolute Gasteiger partial charge is 0.481 e. The number of aliphatic carboxylic acids is 1. The van der Waals surface area contributed by atoms with Crippen molar-refractivity contribution in [2.45, 2.75) is 58.8 Å². The van der Waals surface area contributed by atoms with E-state index in [1.54, 1.807) is 17.0 Å². The number of imide groups is 1. The molecule has 2 aliphatic rings. The molecule has 2 aliphatic heterocycles. The number of hydrogen-bond acceptors (Lipinski definition) is 8. The first-order chi connectivity index (χ1) is 18.7. The molecule has 1 aromatic carbocycles. The van der Waals surface area contributed by atoms with Gasteiger partial charge in [0.2, 0.25) is 11.8 Å². The zero-order valence-electron chi connectivity index (χ0n) is 23.0. The third-order valence-corrected chi connectivity index (χ3v) is 7.04. The number of rotatable bonds is 13. The fourth-order valence-electron chi connectivity index (χ4n) is 4.79. The predicted molar refractivity (Wildman–Crippen MR) is 143 cm³/mol. The number of hydrazine groups is 1. The Bertz CT molecular complexity index is 963. The summed E-state index contributed by atoms with van der Waals surface area (Å²) in [5.74, 6) is -1.39. The fraction of sp³-hybridized carbons (Fsp3) is 0.643. The van der Waals surface area contributed by atoms with Gasteiger partial charge in [0.1, 0.15) is 0 Å². The number of hydrogen-bond donors (Lipinski definition) is 3. The van der Waals surface area contributed by atoms with Crippen LogP contribution in [0.15, 0.2) is 24.3 Å². The Morgan fingerprint density at radius 3 is 2.49 bits per heavy atom. The summed E-state index contributed by atoms with van der Waals surface area (Å²) in [5, 5.41) is 13.3. The summed E-state index contributed by atoms with van der Waals surface area (Å²) in [6, 6.07) is 6.17. The molecule has 2 heterocycles.